The van der Waals surface area contributed by atoms with Crippen LogP contribution in [0.3, 0.4) is 0 Å². The van der Waals surface area contributed by atoms with Crippen molar-refractivity contribution in [3.8, 4) is 95.6 Å². The summed E-state index contributed by atoms with van der Waals surface area (Å²) in [6.45, 7) is 9.52. The highest BCUT2D eigenvalue weighted by atomic mass is 15.0. The third kappa shape index (κ3) is 9.50. The van der Waals surface area contributed by atoms with Crippen molar-refractivity contribution < 1.29 is 0 Å². The average Bonchev–Trinajstić information content (AvgIpc) is 1.55. The van der Waals surface area contributed by atoms with E-state index in [4.69, 9.17) is 0 Å². The molecule has 0 radical (unpaired) electrons. The van der Waals surface area contributed by atoms with Crippen LogP contribution in [0.25, 0.3) is 177 Å². The van der Waals surface area contributed by atoms with Gasteiger partial charge in [-0.05, 0) is 216 Å². The van der Waals surface area contributed by atoms with Crippen molar-refractivity contribution in [3.05, 3.63) is 386 Å². The number of hydrogen-bond acceptors (Lipinski definition) is 1. The van der Waals surface area contributed by atoms with Crippen LogP contribution in [0.1, 0.15) is 55.5 Å². The molecule has 0 unspecified atom stereocenters. The van der Waals surface area contributed by atoms with Crippen molar-refractivity contribution in [1.82, 2.24) is 18.3 Å². The smallest absolute Gasteiger partial charge is 0.0991 e. The number of benzene rings is 16. The Morgan fingerprint density at radius 1 is 0.222 bits per heavy atom. The number of aromatic nitrogens is 4. The van der Waals surface area contributed by atoms with E-state index in [1.54, 1.807) is 0 Å². The Kier molecular flexibility index (Phi) is 14.0. The number of nitrogens with zero attached hydrogens (tertiary/aromatic N) is 5. The fraction of sp³-hybridized carbons (Fsp3) is 0.0583. The fourth-order valence-corrected chi connectivity index (χ4v) is 18.7. The van der Waals surface area contributed by atoms with Crippen LogP contribution in [0, 0.1) is 11.3 Å². The zero-order valence-corrected chi connectivity index (χ0v) is 60.3. The molecule has 4 heterocycles. The molecule has 108 heavy (non-hydrogen) atoms. The van der Waals surface area contributed by atoms with E-state index >= 15 is 0 Å². The Morgan fingerprint density at radius 2 is 0.509 bits per heavy atom. The first-order valence-corrected chi connectivity index (χ1v) is 37.4. The van der Waals surface area contributed by atoms with E-state index in [2.05, 4.69) is 386 Å². The number of para-hydroxylation sites is 4. The summed E-state index contributed by atoms with van der Waals surface area (Å²) < 4.78 is 9.69. The molecule has 16 aromatic carbocycles. The Morgan fingerprint density at radius 3 is 0.917 bits per heavy atom. The van der Waals surface area contributed by atoms with E-state index in [9.17, 15) is 5.26 Å². The van der Waals surface area contributed by atoms with E-state index in [0.29, 0.717) is 5.56 Å². The molecule has 22 rings (SSSR count). The minimum Gasteiger partial charge on any atom is -0.309 e. The lowest BCUT2D eigenvalue weighted by atomic mass is 9.81. The molecule has 0 bridgehead atoms. The van der Waals surface area contributed by atoms with Gasteiger partial charge in [-0.2, -0.15) is 5.26 Å². The van der Waals surface area contributed by atoms with Crippen LogP contribution in [-0.4, -0.2) is 18.3 Å². The normalized spacial score (nSPS) is 13.1. The Hall–Kier alpha value is -13.8. The monoisotopic (exact) mass is 1380 g/mol. The van der Waals surface area contributed by atoms with Crippen LogP contribution >= 0.6 is 0 Å². The molecule has 508 valence electrons. The van der Waals surface area contributed by atoms with Gasteiger partial charge in [-0.25, -0.2) is 0 Å². The number of hydrogen-bond donors (Lipinski definition) is 0. The first-order chi connectivity index (χ1) is 53.0. The third-order valence-electron chi connectivity index (χ3n) is 23.6. The SMILES string of the molecule is CC1(C)c2ccccc2-c2cccc(-n3c4ccccc4c4cc(-c5ccc6c(c5)c5ccccc5n6-c5cccc6c5C(C)(C)c5ccccc5-6)ccc43)c21.N#Cc1ccc(-n2c3ccccc3c3cc(-c4ccc5c(c4)c4ccccc4n5-c4ccc(-c5cccc(-c6ccccc6)c5)cc4)ccc32)cc1. The van der Waals surface area contributed by atoms with Crippen LogP contribution in [0.15, 0.2) is 358 Å². The maximum Gasteiger partial charge on any atom is 0.0991 e. The molecule has 0 saturated heterocycles. The molecule has 5 nitrogen and oxygen atoms in total. The molecule has 0 fully saturated rings. The Bertz CT molecular complexity index is 6940. The van der Waals surface area contributed by atoms with Crippen LogP contribution < -0.4 is 0 Å². The molecule has 5 heteroatoms. The summed E-state index contributed by atoms with van der Waals surface area (Å²) in [5.41, 5.74) is 35.3. The van der Waals surface area contributed by atoms with Gasteiger partial charge in [-0.3, -0.25) is 0 Å². The second kappa shape index (κ2) is 24.1. The van der Waals surface area contributed by atoms with Gasteiger partial charge in [-0.15, -0.1) is 0 Å². The molecule has 0 amide bonds. The summed E-state index contributed by atoms with van der Waals surface area (Å²) in [7, 11) is 0. The lowest BCUT2D eigenvalue weighted by molar-refractivity contribution is 0.656. The highest BCUT2D eigenvalue weighted by molar-refractivity contribution is 6.15. The summed E-state index contributed by atoms with van der Waals surface area (Å²) in [5.74, 6) is 0. The van der Waals surface area contributed by atoms with Crippen molar-refractivity contribution in [2.24, 2.45) is 0 Å². The summed E-state index contributed by atoms with van der Waals surface area (Å²) in [6.07, 6.45) is 0. The summed E-state index contributed by atoms with van der Waals surface area (Å²) in [5, 5.41) is 19.3. The second-order valence-corrected chi connectivity index (χ2v) is 30.2. The maximum atomic E-state index is 9.35. The molecule has 20 aromatic rings. The Balaban J connectivity index is 0.000000138. The van der Waals surface area contributed by atoms with E-state index < -0.39 is 0 Å². The predicted octanol–water partition coefficient (Wildman–Crippen LogP) is 26.9. The van der Waals surface area contributed by atoms with Gasteiger partial charge in [-0.1, -0.05) is 258 Å². The van der Waals surface area contributed by atoms with Crippen molar-refractivity contribution in [1.29, 1.82) is 5.26 Å². The molecular weight excluding hydrogens is 1310 g/mol. The van der Waals surface area contributed by atoms with Gasteiger partial charge in [0.1, 0.15) is 0 Å². The highest BCUT2D eigenvalue weighted by Gasteiger charge is 2.40. The molecule has 4 aromatic heterocycles. The summed E-state index contributed by atoms with van der Waals surface area (Å²) >= 11 is 0. The minimum atomic E-state index is -0.117. The van der Waals surface area contributed by atoms with Crippen molar-refractivity contribution >= 4 is 87.2 Å². The van der Waals surface area contributed by atoms with Gasteiger partial charge in [0.25, 0.3) is 0 Å². The van der Waals surface area contributed by atoms with Crippen molar-refractivity contribution in [2.45, 2.75) is 38.5 Å². The van der Waals surface area contributed by atoms with Crippen molar-refractivity contribution in [3.63, 3.8) is 0 Å². The average molecular weight is 1380 g/mol. The van der Waals surface area contributed by atoms with E-state index in [-0.39, 0.29) is 10.8 Å². The standard InChI is InChI=1S/C54H40N2.C49H31N3/c1-53(2)43-21-9-5-15-35(43)39-19-13-25-49(51(39)53)55-45-23-11-7-17-37(45)41-31-33(27-29-47(41)55)34-28-30-48-42(32-34)38-18-8-12-24-46(38)56(48)50-26-14-20-40-36-16-6-10-22-44(36)54(3,4)52(40)50;50-32-33-17-23-40(24-18-33)51-46-15-6-4-13-42(46)44-30-38(21-27-48(44)51)39-22-28-49-45(31-39)43-14-5-7-16-47(43)52(49)41-25-19-35(20-26-41)37-12-8-11-36(29-37)34-9-2-1-3-10-34/h5-32H,1-4H3;1-31H. The molecule has 0 saturated carbocycles. The molecule has 0 atom stereocenters. The maximum absolute atomic E-state index is 9.35. The zero-order valence-electron chi connectivity index (χ0n) is 60.3. The van der Waals surface area contributed by atoms with E-state index in [1.165, 1.54) is 177 Å². The Labute approximate surface area is 626 Å². The number of rotatable bonds is 8. The van der Waals surface area contributed by atoms with Gasteiger partial charge in [0.2, 0.25) is 0 Å². The number of nitriles is 1. The van der Waals surface area contributed by atoms with E-state index in [1.807, 2.05) is 24.3 Å². The quantitative estimate of drug-likeness (QED) is 0.150. The van der Waals surface area contributed by atoms with Gasteiger partial charge in [0, 0.05) is 65.3 Å². The topological polar surface area (TPSA) is 43.5 Å². The predicted molar refractivity (Wildman–Crippen MR) is 452 cm³/mol. The van der Waals surface area contributed by atoms with Crippen LogP contribution in [0.5, 0.6) is 0 Å². The first-order valence-electron chi connectivity index (χ1n) is 37.4. The van der Waals surface area contributed by atoms with Gasteiger partial charge >= 0.3 is 0 Å². The van der Waals surface area contributed by atoms with Crippen molar-refractivity contribution in [2.75, 3.05) is 0 Å². The second-order valence-electron chi connectivity index (χ2n) is 30.2. The van der Waals surface area contributed by atoms with Gasteiger partial charge < -0.3 is 18.3 Å². The highest BCUT2D eigenvalue weighted by Crippen LogP contribution is 2.54. The summed E-state index contributed by atoms with van der Waals surface area (Å²) in [4.78, 5) is 0. The third-order valence-corrected chi connectivity index (χ3v) is 23.6. The van der Waals surface area contributed by atoms with Gasteiger partial charge in [0.05, 0.1) is 67.1 Å². The first kappa shape index (κ1) is 62.8. The number of fused-ring (bicyclic) bond motifs is 18. The summed E-state index contributed by atoms with van der Waals surface area (Å²) in [6, 6.07) is 133. The molecular formula is C103H71N5. The van der Waals surface area contributed by atoms with Gasteiger partial charge in [0.15, 0.2) is 0 Å². The lowest BCUT2D eigenvalue weighted by Gasteiger charge is -2.25. The fourth-order valence-electron chi connectivity index (χ4n) is 18.7. The lowest BCUT2D eigenvalue weighted by Crippen LogP contribution is -2.18. The van der Waals surface area contributed by atoms with E-state index in [0.717, 1.165) is 22.4 Å². The molecule has 0 spiro atoms. The van der Waals surface area contributed by atoms with Crippen LogP contribution in [0.2, 0.25) is 0 Å². The molecule has 2 aliphatic rings. The minimum absolute atomic E-state index is 0.117. The van der Waals surface area contributed by atoms with Crippen LogP contribution in [0.4, 0.5) is 0 Å². The molecule has 2 aliphatic carbocycles. The molecule has 0 aliphatic heterocycles. The zero-order chi connectivity index (χ0) is 72.1. The largest absolute Gasteiger partial charge is 0.309 e. The molecule has 0 N–H and O–H groups in total. The van der Waals surface area contributed by atoms with Crippen LogP contribution in [-0.2, 0) is 10.8 Å².